The number of benzene rings is 1. The van der Waals surface area contributed by atoms with Crippen LogP contribution in [-0.2, 0) is 11.2 Å². The number of carbonyl (C=O) groups excluding carboxylic acids is 1. The van der Waals surface area contributed by atoms with Gasteiger partial charge >= 0.3 is 5.97 Å². The van der Waals surface area contributed by atoms with E-state index in [0.29, 0.717) is 29.6 Å². The zero-order chi connectivity index (χ0) is 20.6. The van der Waals surface area contributed by atoms with Crippen molar-refractivity contribution in [1.29, 1.82) is 0 Å². The van der Waals surface area contributed by atoms with Gasteiger partial charge in [0.2, 0.25) is 5.95 Å². The molecule has 0 fully saturated rings. The van der Waals surface area contributed by atoms with Crippen LogP contribution in [0, 0.1) is 0 Å². The van der Waals surface area contributed by atoms with Crippen LogP contribution in [-0.4, -0.2) is 43.3 Å². The Morgan fingerprint density at radius 3 is 2.62 bits per heavy atom. The number of anilines is 3. The number of halogens is 1. The lowest BCUT2D eigenvalue weighted by atomic mass is 10.1. The third kappa shape index (κ3) is 6.11. The van der Waals surface area contributed by atoms with Crippen molar-refractivity contribution in [3.63, 3.8) is 0 Å². The van der Waals surface area contributed by atoms with E-state index < -0.39 is 5.97 Å². The summed E-state index contributed by atoms with van der Waals surface area (Å²) in [5.41, 5.74) is 2.14. The average molecular weight is 459 g/mol. The first-order chi connectivity index (χ1) is 14.0. The summed E-state index contributed by atoms with van der Waals surface area (Å²) >= 11 is 3.43. The second-order valence-electron chi connectivity index (χ2n) is 6.15. The molecule has 2 aromatic heterocycles. The van der Waals surface area contributed by atoms with Crippen molar-refractivity contribution >= 4 is 45.1 Å². The number of nitrogens with zero attached hydrogens (tertiary/aromatic N) is 3. The zero-order valence-corrected chi connectivity index (χ0v) is 16.9. The fourth-order valence-electron chi connectivity index (χ4n) is 2.52. The maximum absolute atomic E-state index is 12.0. The molecule has 4 N–H and O–H groups in total. The first-order valence-electron chi connectivity index (χ1n) is 8.87. The minimum Gasteiger partial charge on any atom is -0.481 e. The number of nitrogens with one attached hydrogen (secondary N) is 3. The van der Waals surface area contributed by atoms with Crippen molar-refractivity contribution < 1.29 is 14.7 Å². The minimum atomic E-state index is -0.988. The number of hydrogen-bond donors (Lipinski definition) is 4. The summed E-state index contributed by atoms with van der Waals surface area (Å²) < 4.78 is 0.740. The quantitative estimate of drug-likeness (QED) is 0.339. The van der Waals surface area contributed by atoms with Crippen LogP contribution >= 0.6 is 15.9 Å². The molecule has 0 spiro atoms. The molecule has 0 bridgehead atoms. The summed E-state index contributed by atoms with van der Waals surface area (Å²) in [7, 11) is 0. The lowest BCUT2D eigenvalue weighted by Gasteiger charge is -2.10. The number of imidazole rings is 1. The third-order valence-corrected chi connectivity index (χ3v) is 4.58. The second-order valence-corrected chi connectivity index (χ2v) is 7.00. The van der Waals surface area contributed by atoms with E-state index in [0.717, 1.165) is 16.6 Å². The molecule has 1 aromatic carbocycles. The molecule has 0 saturated carbocycles. The number of ketones is 1. The second kappa shape index (κ2) is 9.78. The van der Waals surface area contributed by atoms with E-state index in [2.05, 4.69) is 46.5 Å². The van der Waals surface area contributed by atoms with E-state index in [1.165, 1.54) is 0 Å². The summed E-state index contributed by atoms with van der Waals surface area (Å²) in [6.07, 6.45) is 5.69. The number of carboxylic acids is 1. The van der Waals surface area contributed by atoms with Gasteiger partial charge < -0.3 is 20.7 Å². The van der Waals surface area contributed by atoms with Crippen molar-refractivity contribution in [2.75, 3.05) is 17.2 Å². The Kier molecular flexibility index (Phi) is 6.90. The Hall–Kier alpha value is -3.27. The summed E-state index contributed by atoms with van der Waals surface area (Å²) in [4.78, 5) is 38.3. The van der Waals surface area contributed by atoms with Crippen molar-refractivity contribution in [2.24, 2.45) is 0 Å². The van der Waals surface area contributed by atoms with E-state index in [4.69, 9.17) is 5.11 Å². The number of aliphatic carboxylic acids is 1. The molecule has 3 aromatic rings. The minimum absolute atomic E-state index is 0.0226. The van der Waals surface area contributed by atoms with Crippen LogP contribution in [0.2, 0.25) is 0 Å². The van der Waals surface area contributed by atoms with Crippen molar-refractivity contribution in [1.82, 2.24) is 19.9 Å². The fourth-order valence-corrected chi connectivity index (χ4v) is 2.85. The molecule has 2 heterocycles. The standard InChI is InChI=1S/C19H19BrN6O3/c20-15-10-23-19(26-18(15)22-8-7-14-9-21-11-24-14)25-13-3-1-12(2-4-13)16(27)5-6-17(28)29/h1-4,9-11H,5-8H2,(H,21,24)(H,28,29)(H2,22,23,25,26). The average Bonchev–Trinajstić information content (AvgIpc) is 3.22. The van der Waals surface area contributed by atoms with Gasteiger partial charge in [0, 0.05) is 43.0 Å². The van der Waals surface area contributed by atoms with E-state index in [-0.39, 0.29) is 18.6 Å². The van der Waals surface area contributed by atoms with E-state index in [9.17, 15) is 9.59 Å². The molecule has 3 rings (SSSR count). The number of H-pyrrole nitrogens is 1. The topological polar surface area (TPSA) is 133 Å². The van der Waals surface area contributed by atoms with Gasteiger partial charge in [-0.05, 0) is 40.2 Å². The number of carboxylic acid groups (broad SMARTS) is 1. The van der Waals surface area contributed by atoms with Crippen LogP contribution in [0.15, 0.2) is 47.5 Å². The smallest absolute Gasteiger partial charge is 0.303 e. The Balaban J connectivity index is 1.59. The highest BCUT2D eigenvalue weighted by atomic mass is 79.9. The monoisotopic (exact) mass is 458 g/mol. The first kappa shape index (κ1) is 20.5. The fraction of sp³-hybridized carbons (Fsp3) is 0.211. The molecule has 0 aliphatic carbocycles. The van der Waals surface area contributed by atoms with Crippen molar-refractivity contribution in [2.45, 2.75) is 19.3 Å². The van der Waals surface area contributed by atoms with Crippen LogP contribution in [0.4, 0.5) is 17.5 Å². The molecule has 0 atom stereocenters. The van der Waals surface area contributed by atoms with Gasteiger partial charge in [-0.3, -0.25) is 9.59 Å². The highest BCUT2D eigenvalue weighted by Crippen LogP contribution is 2.22. The molecule has 0 aliphatic heterocycles. The number of Topliss-reactive ketones (excluding diaryl/α,β-unsaturated/α-hetero) is 1. The zero-order valence-electron chi connectivity index (χ0n) is 15.4. The Bertz CT molecular complexity index is 976. The number of rotatable bonds is 10. The highest BCUT2D eigenvalue weighted by molar-refractivity contribution is 9.10. The molecular weight excluding hydrogens is 440 g/mol. The van der Waals surface area contributed by atoms with Crippen molar-refractivity contribution in [3.8, 4) is 0 Å². The SMILES string of the molecule is O=C(O)CCC(=O)c1ccc(Nc2ncc(Br)c(NCCc3c[nH]cn3)n2)cc1. The van der Waals surface area contributed by atoms with Gasteiger partial charge in [-0.25, -0.2) is 9.97 Å². The van der Waals surface area contributed by atoms with E-state index in [1.54, 1.807) is 36.8 Å². The molecule has 0 aliphatic rings. The molecular formula is C19H19BrN6O3. The van der Waals surface area contributed by atoms with Gasteiger partial charge in [0.1, 0.15) is 5.82 Å². The predicted molar refractivity (Wildman–Crippen MR) is 111 cm³/mol. The first-order valence-corrected chi connectivity index (χ1v) is 9.66. The summed E-state index contributed by atoms with van der Waals surface area (Å²) in [6.45, 7) is 0.660. The van der Waals surface area contributed by atoms with Crippen LogP contribution < -0.4 is 10.6 Å². The van der Waals surface area contributed by atoms with Gasteiger partial charge in [-0.1, -0.05) is 0 Å². The largest absolute Gasteiger partial charge is 0.481 e. The number of hydrogen-bond acceptors (Lipinski definition) is 7. The van der Waals surface area contributed by atoms with Gasteiger partial charge in [0.05, 0.1) is 22.9 Å². The van der Waals surface area contributed by atoms with Gasteiger partial charge in [-0.2, -0.15) is 4.98 Å². The summed E-state index contributed by atoms with van der Waals surface area (Å²) in [5.74, 6) is -0.140. The number of aromatic nitrogens is 4. The molecule has 10 heteroatoms. The van der Waals surface area contributed by atoms with E-state index in [1.807, 2.05) is 6.20 Å². The van der Waals surface area contributed by atoms with Gasteiger partial charge in [-0.15, -0.1) is 0 Å². The normalized spacial score (nSPS) is 10.5. The molecule has 150 valence electrons. The molecule has 0 amide bonds. The molecule has 9 nitrogen and oxygen atoms in total. The maximum Gasteiger partial charge on any atom is 0.303 e. The van der Waals surface area contributed by atoms with Crippen LogP contribution in [0.5, 0.6) is 0 Å². The van der Waals surface area contributed by atoms with Crippen LogP contribution in [0.25, 0.3) is 0 Å². The molecule has 0 unspecified atom stereocenters. The van der Waals surface area contributed by atoms with Crippen LogP contribution in [0.1, 0.15) is 28.9 Å². The highest BCUT2D eigenvalue weighted by Gasteiger charge is 2.09. The van der Waals surface area contributed by atoms with Gasteiger partial charge in [0.25, 0.3) is 0 Å². The molecule has 29 heavy (non-hydrogen) atoms. The lowest BCUT2D eigenvalue weighted by molar-refractivity contribution is -0.136. The summed E-state index contributed by atoms with van der Waals surface area (Å²) in [5, 5.41) is 15.0. The third-order valence-electron chi connectivity index (χ3n) is 4.00. The number of carbonyl (C=O) groups is 2. The van der Waals surface area contributed by atoms with E-state index >= 15 is 0 Å². The Morgan fingerprint density at radius 1 is 1.14 bits per heavy atom. The summed E-state index contributed by atoms with van der Waals surface area (Å²) in [6, 6.07) is 6.75. The Labute approximate surface area is 175 Å². The predicted octanol–water partition coefficient (Wildman–Crippen LogP) is 3.41. The van der Waals surface area contributed by atoms with Gasteiger partial charge in [0.15, 0.2) is 5.78 Å². The lowest BCUT2D eigenvalue weighted by Crippen LogP contribution is -2.09. The molecule has 0 radical (unpaired) electrons. The van der Waals surface area contributed by atoms with Crippen molar-refractivity contribution in [3.05, 3.63) is 58.7 Å². The maximum atomic E-state index is 12.0. The number of aromatic amines is 1. The Morgan fingerprint density at radius 2 is 1.93 bits per heavy atom. The molecule has 0 saturated heterocycles. The van der Waals surface area contributed by atoms with Crippen LogP contribution in [0.3, 0.4) is 0 Å².